The topological polar surface area (TPSA) is 37.3 Å². The summed E-state index contributed by atoms with van der Waals surface area (Å²) >= 11 is 1.68. The van der Waals surface area contributed by atoms with Crippen molar-refractivity contribution in [3.63, 3.8) is 0 Å². The third-order valence-corrected chi connectivity index (χ3v) is 4.28. The maximum Gasteiger partial charge on any atom is 0.307 e. The van der Waals surface area contributed by atoms with Crippen LogP contribution in [0.1, 0.15) is 30.2 Å². The predicted molar refractivity (Wildman–Crippen MR) is 56.7 cm³/mol. The highest BCUT2D eigenvalue weighted by Gasteiger charge is 2.63. The second-order valence-electron chi connectivity index (χ2n) is 4.64. The van der Waals surface area contributed by atoms with Crippen molar-refractivity contribution < 1.29 is 9.90 Å². The molecule has 1 aliphatic rings. The fourth-order valence-corrected chi connectivity index (χ4v) is 3.48. The lowest BCUT2D eigenvalue weighted by molar-refractivity contribution is -0.139. The van der Waals surface area contributed by atoms with E-state index in [9.17, 15) is 4.79 Å². The Morgan fingerprint density at radius 1 is 1.57 bits per heavy atom. The number of carboxylic acids is 1. The summed E-state index contributed by atoms with van der Waals surface area (Å²) in [7, 11) is 0. The highest BCUT2D eigenvalue weighted by atomic mass is 32.1. The largest absolute Gasteiger partial charge is 0.481 e. The van der Waals surface area contributed by atoms with Crippen LogP contribution in [0.4, 0.5) is 0 Å². The third-order valence-electron chi connectivity index (χ3n) is 3.15. The summed E-state index contributed by atoms with van der Waals surface area (Å²) in [6.07, 6.45) is 0. The molecular weight excluding hydrogens is 196 g/mol. The summed E-state index contributed by atoms with van der Waals surface area (Å²) in [5.41, 5.74) is 1.17. The minimum absolute atomic E-state index is 0.0663. The molecule has 0 bridgehead atoms. The maximum atomic E-state index is 11.0. The highest BCUT2D eigenvalue weighted by Crippen LogP contribution is 2.65. The zero-order chi connectivity index (χ0) is 10.5. The van der Waals surface area contributed by atoms with Crippen LogP contribution in [0.25, 0.3) is 0 Å². The summed E-state index contributed by atoms with van der Waals surface area (Å²) in [6.45, 7) is 6.11. The van der Waals surface area contributed by atoms with E-state index in [1.807, 2.05) is 20.8 Å². The van der Waals surface area contributed by atoms with Gasteiger partial charge in [-0.25, -0.2) is 0 Å². The predicted octanol–water partition coefficient (Wildman–Crippen LogP) is 2.88. The van der Waals surface area contributed by atoms with Crippen LogP contribution < -0.4 is 0 Å². The van der Waals surface area contributed by atoms with Gasteiger partial charge >= 0.3 is 5.97 Å². The number of carbonyl (C=O) groups is 1. The molecule has 1 fully saturated rings. The fraction of sp³-hybridized carbons (Fsp3) is 0.545. The molecule has 2 unspecified atom stereocenters. The van der Waals surface area contributed by atoms with Gasteiger partial charge in [-0.2, -0.15) is 0 Å². The summed E-state index contributed by atoms with van der Waals surface area (Å²) in [4.78, 5) is 12.2. The molecule has 0 saturated heterocycles. The van der Waals surface area contributed by atoms with Gasteiger partial charge in [-0.15, -0.1) is 11.3 Å². The fourth-order valence-electron chi connectivity index (χ4n) is 2.25. The Kier molecular flexibility index (Phi) is 1.96. The van der Waals surface area contributed by atoms with Crippen molar-refractivity contribution in [2.45, 2.75) is 26.7 Å². The van der Waals surface area contributed by atoms with E-state index in [4.69, 9.17) is 5.11 Å². The highest BCUT2D eigenvalue weighted by molar-refractivity contribution is 7.10. The lowest BCUT2D eigenvalue weighted by Gasteiger charge is -1.97. The molecule has 0 aliphatic heterocycles. The number of carboxylic acid groups (broad SMARTS) is 1. The molecule has 1 N–H and O–H groups in total. The molecule has 1 heterocycles. The zero-order valence-electron chi connectivity index (χ0n) is 8.57. The van der Waals surface area contributed by atoms with Gasteiger partial charge in [0.05, 0.1) is 5.92 Å². The Labute approximate surface area is 87.6 Å². The summed E-state index contributed by atoms with van der Waals surface area (Å²) in [5, 5.41) is 11.1. The van der Waals surface area contributed by atoms with Crippen molar-refractivity contribution in [1.82, 2.24) is 0 Å². The summed E-state index contributed by atoms with van der Waals surface area (Å²) in [6, 6.07) is 2.11. The molecule has 1 saturated carbocycles. The van der Waals surface area contributed by atoms with Crippen molar-refractivity contribution in [3.8, 4) is 0 Å². The Morgan fingerprint density at radius 3 is 2.57 bits per heavy atom. The molecule has 3 heteroatoms. The molecule has 2 nitrogen and oxygen atoms in total. The zero-order valence-corrected chi connectivity index (χ0v) is 9.39. The monoisotopic (exact) mass is 210 g/mol. The van der Waals surface area contributed by atoms with Gasteiger partial charge in [0.1, 0.15) is 0 Å². The molecule has 14 heavy (non-hydrogen) atoms. The van der Waals surface area contributed by atoms with Crippen LogP contribution in [0, 0.1) is 18.3 Å². The van der Waals surface area contributed by atoms with Crippen molar-refractivity contribution in [2.75, 3.05) is 0 Å². The van der Waals surface area contributed by atoms with Crippen LogP contribution in [0.15, 0.2) is 11.4 Å². The van der Waals surface area contributed by atoms with Crippen LogP contribution in [0.5, 0.6) is 0 Å². The van der Waals surface area contributed by atoms with E-state index in [1.165, 1.54) is 10.4 Å². The van der Waals surface area contributed by atoms with Gasteiger partial charge < -0.3 is 5.11 Å². The first-order valence-electron chi connectivity index (χ1n) is 4.72. The van der Waals surface area contributed by atoms with Gasteiger partial charge in [-0.3, -0.25) is 4.79 Å². The Morgan fingerprint density at radius 2 is 2.21 bits per heavy atom. The molecule has 2 atom stereocenters. The smallest absolute Gasteiger partial charge is 0.307 e. The lowest BCUT2D eigenvalue weighted by Crippen LogP contribution is -2.02. The summed E-state index contributed by atoms with van der Waals surface area (Å²) < 4.78 is 0. The van der Waals surface area contributed by atoms with Gasteiger partial charge in [0.15, 0.2) is 0 Å². The lowest BCUT2D eigenvalue weighted by atomic mass is 10.1. The average Bonchev–Trinajstić information content (AvgIpc) is 2.42. The van der Waals surface area contributed by atoms with Gasteiger partial charge in [0.2, 0.25) is 0 Å². The van der Waals surface area contributed by atoms with E-state index < -0.39 is 5.97 Å². The maximum absolute atomic E-state index is 11.0. The van der Waals surface area contributed by atoms with Crippen molar-refractivity contribution in [2.24, 2.45) is 11.3 Å². The van der Waals surface area contributed by atoms with Gasteiger partial charge in [-0.05, 0) is 29.3 Å². The number of hydrogen-bond donors (Lipinski definition) is 1. The van der Waals surface area contributed by atoms with E-state index in [0.29, 0.717) is 0 Å². The molecule has 0 radical (unpaired) electrons. The minimum atomic E-state index is -0.661. The number of thiophene rings is 1. The van der Waals surface area contributed by atoms with E-state index >= 15 is 0 Å². The van der Waals surface area contributed by atoms with Gasteiger partial charge in [-0.1, -0.05) is 13.8 Å². The van der Waals surface area contributed by atoms with Crippen molar-refractivity contribution in [1.29, 1.82) is 0 Å². The molecule has 0 spiro atoms. The molecular formula is C11H14O2S. The van der Waals surface area contributed by atoms with Crippen LogP contribution in [0.3, 0.4) is 0 Å². The second-order valence-corrected chi connectivity index (χ2v) is 5.58. The number of rotatable bonds is 2. The standard InChI is InChI=1S/C11H14O2S/c1-6-4-7(14-5-6)8-9(10(12)13)11(8,2)3/h4-5,8-9H,1-3H3,(H,12,13). The molecule has 0 aromatic carbocycles. The van der Waals surface area contributed by atoms with E-state index in [2.05, 4.69) is 11.4 Å². The molecule has 1 aliphatic carbocycles. The number of aliphatic carboxylic acids is 1. The molecule has 1 aromatic rings. The van der Waals surface area contributed by atoms with Crippen LogP contribution in [-0.2, 0) is 4.79 Å². The third kappa shape index (κ3) is 1.27. The van der Waals surface area contributed by atoms with Crippen LogP contribution >= 0.6 is 11.3 Å². The van der Waals surface area contributed by atoms with Gasteiger partial charge in [0, 0.05) is 10.8 Å². The average molecular weight is 210 g/mol. The quantitative estimate of drug-likeness (QED) is 0.815. The van der Waals surface area contributed by atoms with Crippen molar-refractivity contribution >= 4 is 17.3 Å². The summed E-state index contributed by atoms with van der Waals surface area (Å²) in [5.74, 6) is -0.634. The molecule has 2 rings (SSSR count). The number of aryl methyl sites for hydroxylation is 1. The molecule has 1 aromatic heterocycles. The van der Waals surface area contributed by atoms with E-state index in [-0.39, 0.29) is 17.3 Å². The number of hydrogen-bond acceptors (Lipinski definition) is 2. The van der Waals surface area contributed by atoms with Crippen LogP contribution in [-0.4, -0.2) is 11.1 Å². The minimum Gasteiger partial charge on any atom is -0.481 e. The first kappa shape index (κ1) is 9.71. The van der Waals surface area contributed by atoms with Gasteiger partial charge in [0.25, 0.3) is 0 Å². The van der Waals surface area contributed by atoms with E-state index in [1.54, 1.807) is 11.3 Å². The normalized spacial score (nSPS) is 28.8. The SMILES string of the molecule is Cc1csc(C2C(C(=O)O)C2(C)C)c1. The Bertz CT molecular complexity index is 378. The molecule has 76 valence electrons. The Hall–Kier alpha value is -0.830. The molecule has 0 amide bonds. The van der Waals surface area contributed by atoms with Crippen LogP contribution in [0.2, 0.25) is 0 Å². The Balaban J connectivity index is 2.27. The van der Waals surface area contributed by atoms with E-state index in [0.717, 1.165) is 0 Å². The van der Waals surface area contributed by atoms with Crippen molar-refractivity contribution in [3.05, 3.63) is 21.9 Å². The first-order chi connectivity index (χ1) is 6.44. The second kappa shape index (κ2) is 2.83. The first-order valence-corrected chi connectivity index (χ1v) is 5.60.